The number of carbonyl (C=O) groups is 1. The fraction of sp³-hybridized carbons (Fsp3) is 0.571. The maximum atomic E-state index is 12.5. The zero-order valence-electron chi connectivity index (χ0n) is 16.3. The van der Waals surface area contributed by atoms with E-state index in [-0.39, 0.29) is 6.04 Å². The summed E-state index contributed by atoms with van der Waals surface area (Å²) in [6.45, 7) is 5.26. The summed E-state index contributed by atoms with van der Waals surface area (Å²) >= 11 is 6.05. The number of benzene rings is 1. The third kappa shape index (κ3) is 4.39. The Kier molecular flexibility index (Phi) is 5.97. The van der Waals surface area contributed by atoms with Gasteiger partial charge < -0.3 is 9.32 Å². The summed E-state index contributed by atoms with van der Waals surface area (Å²) in [6, 6.07) is 7.43. The summed E-state index contributed by atoms with van der Waals surface area (Å²) in [5.74, 6) is 2.00. The molecule has 0 radical (unpaired) electrons. The molecule has 1 aromatic carbocycles. The second-order valence-corrected chi connectivity index (χ2v) is 8.34. The fourth-order valence-corrected chi connectivity index (χ4v) is 4.44. The van der Waals surface area contributed by atoms with Gasteiger partial charge in [0.15, 0.2) is 0 Å². The third-order valence-electron chi connectivity index (χ3n) is 6.02. The second kappa shape index (κ2) is 8.62. The van der Waals surface area contributed by atoms with Crippen LogP contribution < -0.4 is 0 Å². The van der Waals surface area contributed by atoms with Crippen LogP contribution in [-0.4, -0.2) is 52.1 Å². The molecular formula is C21H27ClN4O2. The van der Waals surface area contributed by atoms with Crippen molar-refractivity contribution in [2.75, 3.05) is 26.2 Å². The number of amides is 1. The van der Waals surface area contributed by atoms with Crippen molar-refractivity contribution in [2.45, 2.75) is 45.1 Å². The summed E-state index contributed by atoms with van der Waals surface area (Å²) in [4.78, 5) is 16.9. The standard InChI is InChI=1S/C21H27ClN4O2/c1-15(20-23-24-21(28-20)17-7-4-8-18(22)14-17)25-9-11-26(12-10-25)19(27)13-16-5-2-3-6-16/h4,7-8,14-16H,2-3,5-6,9-13H2,1H3. The van der Waals surface area contributed by atoms with Crippen LogP contribution in [0.3, 0.4) is 0 Å². The van der Waals surface area contributed by atoms with Gasteiger partial charge in [-0.3, -0.25) is 9.69 Å². The minimum Gasteiger partial charge on any atom is -0.419 e. The van der Waals surface area contributed by atoms with E-state index in [4.69, 9.17) is 16.0 Å². The number of hydrogen-bond donors (Lipinski definition) is 0. The third-order valence-corrected chi connectivity index (χ3v) is 6.26. The highest BCUT2D eigenvalue weighted by atomic mass is 35.5. The highest BCUT2D eigenvalue weighted by molar-refractivity contribution is 6.30. The van der Waals surface area contributed by atoms with Crippen LogP contribution in [0.15, 0.2) is 28.7 Å². The summed E-state index contributed by atoms with van der Waals surface area (Å²) in [5.41, 5.74) is 0.820. The van der Waals surface area contributed by atoms with E-state index in [0.717, 1.165) is 38.2 Å². The molecule has 4 rings (SSSR count). The molecule has 1 aromatic heterocycles. The highest BCUT2D eigenvalue weighted by Crippen LogP contribution is 2.29. The lowest BCUT2D eigenvalue weighted by Gasteiger charge is -2.37. The van der Waals surface area contributed by atoms with E-state index in [1.807, 2.05) is 29.2 Å². The maximum absolute atomic E-state index is 12.5. The fourth-order valence-electron chi connectivity index (χ4n) is 4.25. The Morgan fingerprint density at radius 1 is 1.21 bits per heavy atom. The average molecular weight is 403 g/mol. The number of aromatic nitrogens is 2. The molecule has 2 fully saturated rings. The lowest BCUT2D eigenvalue weighted by molar-refractivity contribution is -0.134. The molecule has 0 bridgehead atoms. The minimum atomic E-state index is 0.0209. The Labute approximate surface area is 170 Å². The van der Waals surface area contributed by atoms with Crippen molar-refractivity contribution in [1.29, 1.82) is 0 Å². The first kappa shape index (κ1) is 19.4. The molecule has 0 N–H and O–H groups in total. The van der Waals surface area contributed by atoms with Gasteiger partial charge in [-0.05, 0) is 43.9 Å². The van der Waals surface area contributed by atoms with Gasteiger partial charge in [0.1, 0.15) is 0 Å². The van der Waals surface area contributed by atoms with E-state index >= 15 is 0 Å². The van der Waals surface area contributed by atoms with Crippen LogP contribution in [-0.2, 0) is 4.79 Å². The van der Waals surface area contributed by atoms with Crippen molar-refractivity contribution in [1.82, 2.24) is 20.0 Å². The molecular weight excluding hydrogens is 376 g/mol. The zero-order chi connectivity index (χ0) is 19.5. The van der Waals surface area contributed by atoms with Gasteiger partial charge in [-0.1, -0.05) is 30.5 Å². The molecule has 1 aliphatic carbocycles. The monoisotopic (exact) mass is 402 g/mol. The first-order chi connectivity index (χ1) is 13.6. The van der Waals surface area contributed by atoms with E-state index in [1.165, 1.54) is 25.7 Å². The van der Waals surface area contributed by atoms with E-state index in [0.29, 0.717) is 28.6 Å². The van der Waals surface area contributed by atoms with Gasteiger partial charge in [-0.25, -0.2) is 0 Å². The van der Waals surface area contributed by atoms with Crippen LogP contribution in [0.25, 0.3) is 11.5 Å². The molecule has 2 heterocycles. The van der Waals surface area contributed by atoms with Crippen molar-refractivity contribution < 1.29 is 9.21 Å². The van der Waals surface area contributed by atoms with Gasteiger partial charge in [0.2, 0.25) is 17.7 Å². The molecule has 1 amide bonds. The van der Waals surface area contributed by atoms with Gasteiger partial charge >= 0.3 is 0 Å². The van der Waals surface area contributed by atoms with Crippen LogP contribution in [0.4, 0.5) is 0 Å². The number of halogens is 1. The summed E-state index contributed by atoms with van der Waals surface area (Å²) in [5, 5.41) is 9.06. The van der Waals surface area contributed by atoms with Crippen LogP contribution >= 0.6 is 11.6 Å². The Morgan fingerprint density at radius 2 is 1.96 bits per heavy atom. The number of piperazine rings is 1. The Bertz CT molecular complexity index is 810. The van der Waals surface area contributed by atoms with Crippen LogP contribution in [0.2, 0.25) is 5.02 Å². The van der Waals surface area contributed by atoms with Crippen molar-refractivity contribution >= 4 is 17.5 Å². The summed E-state index contributed by atoms with van der Waals surface area (Å²) in [7, 11) is 0. The smallest absolute Gasteiger partial charge is 0.247 e. The Balaban J connectivity index is 1.32. The molecule has 0 spiro atoms. The Morgan fingerprint density at radius 3 is 2.68 bits per heavy atom. The largest absolute Gasteiger partial charge is 0.419 e. The molecule has 1 unspecified atom stereocenters. The van der Waals surface area contributed by atoms with Crippen molar-refractivity contribution in [3.63, 3.8) is 0 Å². The maximum Gasteiger partial charge on any atom is 0.247 e. The molecule has 1 atom stereocenters. The van der Waals surface area contributed by atoms with Gasteiger partial charge in [0.05, 0.1) is 6.04 Å². The van der Waals surface area contributed by atoms with Crippen molar-refractivity contribution in [3.05, 3.63) is 35.2 Å². The number of hydrogen-bond acceptors (Lipinski definition) is 5. The van der Waals surface area contributed by atoms with E-state index in [1.54, 1.807) is 0 Å². The minimum absolute atomic E-state index is 0.0209. The predicted octanol–water partition coefficient (Wildman–Crippen LogP) is 4.18. The van der Waals surface area contributed by atoms with Crippen molar-refractivity contribution in [3.8, 4) is 11.5 Å². The molecule has 6 nitrogen and oxygen atoms in total. The number of rotatable bonds is 5. The highest BCUT2D eigenvalue weighted by Gasteiger charge is 2.29. The molecule has 1 aliphatic heterocycles. The van der Waals surface area contributed by atoms with Crippen molar-refractivity contribution in [2.24, 2.45) is 5.92 Å². The van der Waals surface area contributed by atoms with Crippen LogP contribution in [0, 0.1) is 5.92 Å². The normalized spacial score (nSPS) is 19.9. The van der Waals surface area contributed by atoms with Crippen LogP contribution in [0.1, 0.15) is 51.0 Å². The van der Waals surface area contributed by atoms with Gasteiger partial charge in [-0.2, -0.15) is 0 Å². The van der Waals surface area contributed by atoms with E-state index in [9.17, 15) is 4.79 Å². The molecule has 1 saturated heterocycles. The topological polar surface area (TPSA) is 62.5 Å². The molecule has 1 saturated carbocycles. The SMILES string of the molecule is CC(c1nnc(-c2cccc(Cl)c2)o1)N1CCN(C(=O)CC2CCCC2)CC1. The average Bonchev–Trinajstić information content (AvgIpc) is 3.40. The summed E-state index contributed by atoms with van der Waals surface area (Å²) in [6.07, 6.45) is 5.72. The molecule has 7 heteroatoms. The quantitative estimate of drug-likeness (QED) is 0.750. The number of nitrogens with zero attached hydrogens (tertiary/aromatic N) is 4. The van der Waals surface area contributed by atoms with Gasteiger partial charge in [0, 0.05) is 43.2 Å². The zero-order valence-corrected chi connectivity index (χ0v) is 17.1. The second-order valence-electron chi connectivity index (χ2n) is 7.90. The molecule has 2 aliphatic rings. The van der Waals surface area contributed by atoms with Gasteiger partial charge in [-0.15, -0.1) is 10.2 Å². The first-order valence-electron chi connectivity index (χ1n) is 10.2. The van der Waals surface area contributed by atoms with E-state index in [2.05, 4.69) is 22.0 Å². The lowest BCUT2D eigenvalue weighted by atomic mass is 10.0. The molecule has 150 valence electrons. The molecule has 28 heavy (non-hydrogen) atoms. The van der Waals surface area contributed by atoms with Gasteiger partial charge in [0.25, 0.3) is 0 Å². The lowest BCUT2D eigenvalue weighted by Crippen LogP contribution is -2.49. The molecule has 2 aromatic rings. The summed E-state index contributed by atoms with van der Waals surface area (Å²) < 4.78 is 5.90. The predicted molar refractivity (Wildman–Crippen MR) is 108 cm³/mol. The Hall–Kier alpha value is -1.92. The number of carbonyl (C=O) groups excluding carboxylic acids is 1. The first-order valence-corrected chi connectivity index (χ1v) is 10.6. The van der Waals surface area contributed by atoms with Crippen LogP contribution in [0.5, 0.6) is 0 Å². The van der Waals surface area contributed by atoms with E-state index < -0.39 is 0 Å².